The third-order valence-electron chi connectivity index (χ3n) is 7.50. The number of nitrogens with zero attached hydrogens (tertiary/aromatic N) is 1. The van der Waals surface area contributed by atoms with Crippen LogP contribution in [0.25, 0.3) is 0 Å². The highest BCUT2D eigenvalue weighted by atomic mass is 16.6. The molecule has 0 aromatic carbocycles. The second-order valence-corrected chi connectivity index (χ2v) is 13.0. The first-order valence-electron chi connectivity index (χ1n) is 14.6. The average Bonchev–Trinajstić information content (AvgIpc) is 3.36. The van der Waals surface area contributed by atoms with E-state index < -0.39 is 35.2 Å². The Morgan fingerprint density at radius 2 is 1.60 bits per heavy atom. The molecule has 12 heteroatoms. The maximum Gasteiger partial charge on any atom is 0.407 e. The zero-order valence-electron chi connectivity index (χ0n) is 25.6. The molecule has 12 nitrogen and oxygen atoms in total. The normalized spacial score (nSPS) is 22.4. The molecule has 0 unspecified atom stereocenters. The molecule has 4 amide bonds. The van der Waals surface area contributed by atoms with Crippen LogP contribution < -0.4 is 26.6 Å². The van der Waals surface area contributed by atoms with Gasteiger partial charge in [-0.1, -0.05) is 13.8 Å². The Kier molecular flexibility index (Phi) is 12.2. The maximum absolute atomic E-state index is 13.2. The quantitative estimate of drug-likeness (QED) is 0.194. The Labute approximate surface area is 239 Å². The monoisotopic (exact) mass is 568 g/mol. The van der Waals surface area contributed by atoms with Crippen molar-refractivity contribution in [3.05, 3.63) is 0 Å². The van der Waals surface area contributed by atoms with Gasteiger partial charge in [0.2, 0.25) is 17.7 Å². The van der Waals surface area contributed by atoms with Gasteiger partial charge in [0.05, 0.1) is 6.04 Å². The summed E-state index contributed by atoms with van der Waals surface area (Å²) >= 11 is 0. The molecule has 6 N–H and O–H groups in total. The van der Waals surface area contributed by atoms with Gasteiger partial charge < -0.3 is 36.5 Å². The third kappa shape index (κ3) is 9.88. The highest BCUT2D eigenvalue weighted by Gasteiger charge is 2.46. The Morgan fingerprint density at radius 3 is 2.12 bits per heavy atom. The van der Waals surface area contributed by atoms with Crippen LogP contribution in [0.2, 0.25) is 0 Å². The summed E-state index contributed by atoms with van der Waals surface area (Å²) in [6, 6.07) is -2.04. The summed E-state index contributed by atoms with van der Waals surface area (Å²) in [4.78, 5) is 51.2. The van der Waals surface area contributed by atoms with E-state index in [1.54, 1.807) is 0 Å². The number of hydrogen-bond donors (Lipinski definition) is 6. The molecular weight excluding hydrogens is 516 g/mol. The number of hydrogen-bond acceptors (Lipinski definition) is 8. The lowest BCUT2D eigenvalue weighted by atomic mass is 9.80. The molecule has 0 spiro atoms. The standard InChI is InChI=1S/C28H52N6O6/c1-17(2)22(33-23(35)20-11-9-13-29-20)25(37)32-21(24(36)31-18(3)4)12-10-14-30-26(38)40-19-15-27(5,6)34(39)28(7,8)16-19/h17-22,29,39H,9-16H2,1-8H3,(H,30,38)(H,31,36)(H,32,37)(H,33,35)/t20-,21-,22-/m0/s1. The van der Waals surface area contributed by atoms with E-state index in [9.17, 15) is 24.4 Å². The van der Waals surface area contributed by atoms with Crippen LogP contribution in [0.1, 0.15) is 93.9 Å². The molecule has 3 atom stereocenters. The molecule has 0 bridgehead atoms. The van der Waals surface area contributed by atoms with Crippen molar-refractivity contribution in [2.75, 3.05) is 13.1 Å². The van der Waals surface area contributed by atoms with Gasteiger partial charge in [-0.05, 0) is 79.7 Å². The van der Waals surface area contributed by atoms with Crippen LogP contribution in [0.4, 0.5) is 4.79 Å². The molecule has 2 heterocycles. The van der Waals surface area contributed by atoms with Crippen LogP contribution >= 0.6 is 0 Å². The highest BCUT2D eigenvalue weighted by molar-refractivity contribution is 5.93. The Morgan fingerprint density at radius 1 is 0.975 bits per heavy atom. The highest BCUT2D eigenvalue weighted by Crippen LogP contribution is 2.37. The zero-order chi connectivity index (χ0) is 30.3. The van der Waals surface area contributed by atoms with Gasteiger partial charge in [-0.15, -0.1) is 0 Å². The molecule has 40 heavy (non-hydrogen) atoms. The summed E-state index contributed by atoms with van der Waals surface area (Å²) in [7, 11) is 0. The molecule has 2 aliphatic rings. The van der Waals surface area contributed by atoms with E-state index in [4.69, 9.17) is 4.74 Å². The van der Waals surface area contributed by atoms with Crippen molar-refractivity contribution in [1.82, 2.24) is 31.6 Å². The number of ether oxygens (including phenoxy) is 1. The van der Waals surface area contributed by atoms with Crippen LogP contribution in [0.15, 0.2) is 0 Å². The number of carbonyl (C=O) groups is 4. The average molecular weight is 569 g/mol. The molecule has 0 aromatic rings. The maximum atomic E-state index is 13.2. The first-order chi connectivity index (χ1) is 18.5. The van der Waals surface area contributed by atoms with Crippen molar-refractivity contribution in [3.8, 4) is 0 Å². The summed E-state index contributed by atoms with van der Waals surface area (Å²) < 4.78 is 5.64. The summed E-state index contributed by atoms with van der Waals surface area (Å²) in [5.41, 5.74) is -1.08. The van der Waals surface area contributed by atoms with E-state index in [-0.39, 0.29) is 48.9 Å². The second-order valence-electron chi connectivity index (χ2n) is 13.0. The lowest BCUT2D eigenvalue weighted by molar-refractivity contribution is -0.256. The lowest BCUT2D eigenvalue weighted by Gasteiger charge is -2.50. The number of nitrogens with one attached hydrogen (secondary N) is 5. The minimum absolute atomic E-state index is 0.118. The number of amides is 4. The predicted molar refractivity (Wildman–Crippen MR) is 152 cm³/mol. The number of alkyl carbamates (subject to hydrolysis) is 1. The fourth-order valence-electron chi connectivity index (χ4n) is 5.56. The summed E-state index contributed by atoms with van der Waals surface area (Å²) in [5, 5.41) is 26.1. The molecular formula is C28H52N6O6. The van der Waals surface area contributed by atoms with Crippen molar-refractivity contribution < 1.29 is 29.1 Å². The minimum Gasteiger partial charge on any atom is -0.446 e. The largest absolute Gasteiger partial charge is 0.446 e. The van der Waals surface area contributed by atoms with Gasteiger partial charge in [0.1, 0.15) is 18.2 Å². The Balaban J connectivity index is 1.91. The van der Waals surface area contributed by atoms with Crippen LogP contribution in [-0.2, 0) is 19.1 Å². The van der Waals surface area contributed by atoms with E-state index in [1.165, 1.54) is 5.06 Å². The van der Waals surface area contributed by atoms with Gasteiger partial charge in [-0.3, -0.25) is 14.4 Å². The summed E-state index contributed by atoms with van der Waals surface area (Å²) in [6.07, 6.45) is 2.43. The van der Waals surface area contributed by atoms with Gasteiger partial charge in [-0.25, -0.2) is 4.79 Å². The van der Waals surface area contributed by atoms with Gasteiger partial charge in [0.25, 0.3) is 0 Å². The van der Waals surface area contributed by atoms with Gasteiger partial charge in [0, 0.05) is 36.5 Å². The molecule has 0 aliphatic carbocycles. The number of rotatable bonds is 12. The van der Waals surface area contributed by atoms with Crippen LogP contribution in [0, 0.1) is 5.92 Å². The Bertz CT molecular complexity index is 869. The van der Waals surface area contributed by atoms with Gasteiger partial charge >= 0.3 is 6.09 Å². The molecule has 0 radical (unpaired) electrons. The summed E-state index contributed by atoms with van der Waals surface area (Å²) in [6.45, 7) is 16.0. The molecule has 0 saturated carbocycles. The zero-order valence-corrected chi connectivity index (χ0v) is 25.6. The fourth-order valence-corrected chi connectivity index (χ4v) is 5.56. The van der Waals surface area contributed by atoms with Gasteiger partial charge in [-0.2, -0.15) is 5.06 Å². The smallest absolute Gasteiger partial charge is 0.407 e. The number of piperidine rings is 1. The van der Waals surface area contributed by atoms with E-state index >= 15 is 0 Å². The Hall–Kier alpha value is -2.44. The van der Waals surface area contributed by atoms with E-state index in [0.29, 0.717) is 19.3 Å². The van der Waals surface area contributed by atoms with Gasteiger partial charge in [0.15, 0.2) is 0 Å². The van der Waals surface area contributed by atoms with Crippen LogP contribution in [0.3, 0.4) is 0 Å². The van der Waals surface area contributed by atoms with Crippen molar-refractivity contribution in [1.29, 1.82) is 0 Å². The SMILES string of the molecule is CC(C)NC(=O)[C@H](CCCNC(=O)OC1CC(C)(C)N(O)C(C)(C)C1)NC(=O)[C@@H](NC(=O)[C@@H]1CCCN1)C(C)C. The lowest BCUT2D eigenvalue weighted by Crippen LogP contribution is -2.61. The van der Waals surface area contributed by atoms with Crippen molar-refractivity contribution in [2.45, 2.75) is 135 Å². The predicted octanol–water partition coefficient (Wildman–Crippen LogP) is 1.81. The first kappa shape index (κ1) is 33.8. The summed E-state index contributed by atoms with van der Waals surface area (Å²) in [5.74, 6) is -1.13. The van der Waals surface area contributed by atoms with E-state index in [0.717, 1.165) is 19.4 Å². The molecule has 230 valence electrons. The van der Waals surface area contributed by atoms with E-state index in [2.05, 4.69) is 26.6 Å². The molecule has 0 aromatic heterocycles. The molecule has 2 aliphatic heterocycles. The topological polar surface area (TPSA) is 161 Å². The van der Waals surface area contributed by atoms with Crippen LogP contribution in [0.5, 0.6) is 0 Å². The van der Waals surface area contributed by atoms with Crippen molar-refractivity contribution in [2.24, 2.45) is 5.92 Å². The van der Waals surface area contributed by atoms with Crippen LogP contribution in [-0.4, -0.2) is 88.5 Å². The van der Waals surface area contributed by atoms with Crippen molar-refractivity contribution >= 4 is 23.8 Å². The number of hydroxylamine groups is 2. The third-order valence-corrected chi connectivity index (χ3v) is 7.50. The fraction of sp³-hybridized carbons (Fsp3) is 0.857. The molecule has 2 fully saturated rings. The van der Waals surface area contributed by atoms with Crippen molar-refractivity contribution in [3.63, 3.8) is 0 Å². The molecule has 2 rings (SSSR count). The molecule has 2 saturated heterocycles. The minimum atomic E-state index is -0.828. The first-order valence-corrected chi connectivity index (χ1v) is 14.6. The number of carbonyl (C=O) groups excluding carboxylic acids is 4. The second kappa shape index (κ2) is 14.5. The van der Waals surface area contributed by atoms with E-state index in [1.807, 2.05) is 55.4 Å².